The van der Waals surface area contributed by atoms with Crippen LogP contribution in [-0.4, -0.2) is 56.1 Å². The number of aliphatic hydroxyl groups excluding tert-OH is 1. The molecule has 0 aromatic carbocycles. The molecule has 0 spiro atoms. The van der Waals surface area contributed by atoms with Crippen molar-refractivity contribution in [3.05, 3.63) is 0 Å². The van der Waals surface area contributed by atoms with Gasteiger partial charge < -0.3 is 19.1 Å². The van der Waals surface area contributed by atoms with E-state index in [0.717, 1.165) is 25.7 Å². The van der Waals surface area contributed by atoms with Crippen molar-refractivity contribution in [2.45, 2.75) is 89.6 Å². The summed E-state index contributed by atoms with van der Waals surface area (Å²) in [5.41, 5.74) is 0. The second-order valence-corrected chi connectivity index (χ2v) is 5.89. The highest BCUT2D eigenvalue weighted by Crippen LogP contribution is 2.26. The summed E-state index contributed by atoms with van der Waals surface area (Å²) < 4.78 is 16.4. The third kappa shape index (κ3) is 5.84. The van der Waals surface area contributed by atoms with Crippen molar-refractivity contribution in [3.8, 4) is 0 Å². The van der Waals surface area contributed by atoms with Crippen molar-refractivity contribution < 1.29 is 19.1 Å². The lowest BCUT2D eigenvalue weighted by Gasteiger charge is -2.14. The van der Waals surface area contributed by atoms with Crippen LogP contribution in [0.5, 0.6) is 0 Å². The second-order valence-electron chi connectivity index (χ2n) is 5.62. The minimum Gasteiger partial charge on any atom is -0.390 e. The molecule has 2 fully saturated rings. The van der Waals surface area contributed by atoms with E-state index in [9.17, 15) is 5.11 Å². The van der Waals surface area contributed by atoms with Crippen molar-refractivity contribution >= 4 is 24.0 Å². The highest BCUT2D eigenvalue weighted by molar-refractivity contribution is 7.09. The summed E-state index contributed by atoms with van der Waals surface area (Å²) in [6.45, 7) is 8.16. The molecule has 0 aliphatic carbocycles. The number of hydrogen-bond donors (Lipinski definition) is 1. The number of rotatable bonds is 5. The molecule has 3 unspecified atom stereocenters. The fourth-order valence-electron chi connectivity index (χ4n) is 2.81. The van der Waals surface area contributed by atoms with Crippen LogP contribution in [0.4, 0.5) is 0 Å². The molecule has 1 N–H and O–H groups in total. The van der Waals surface area contributed by atoms with E-state index >= 15 is 0 Å². The Hall–Kier alpha value is 0.400. The Balaban J connectivity index is 0.000000211. The lowest BCUT2D eigenvalue weighted by atomic mass is 9.73. The standard InChI is InChI=1S/C7H15BO2P.C7H14BO2/c1-3-5-6(10-11)4-7(8-2)9-5;1-3-6-5(9)4-7(8-2)10-6/h5-7H,3-4,11H2,1-2H3;5-7,9H,3-4H2,1-2H3/t5-,6?,7-;5?,6-,7-/m11/s1. The largest absolute Gasteiger partial charge is 0.390 e. The molecule has 7 heteroatoms. The molecule has 2 radical (unpaired) electrons. The molecule has 0 aromatic rings. The zero-order valence-corrected chi connectivity index (χ0v) is 14.9. The van der Waals surface area contributed by atoms with E-state index in [1.54, 1.807) is 0 Å². The predicted octanol–water partition coefficient (Wildman–Crippen LogP) is 2.06. The Bertz CT molecular complexity index is 274. The Morgan fingerprint density at radius 3 is 1.90 bits per heavy atom. The van der Waals surface area contributed by atoms with Gasteiger partial charge in [0.1, 0.15) is 14.6 Å². The van der Waals surface area contributed by atoms with E-state index < -0.39 is 0 Å². The van der Waals surface area contributed by atoms with Gasteiger partial charge in [-0.25, -0.2) is 0 Å². The van der Waals surface area contributed by atoms with Gasteiger partial charge in [-0.3, -0.25) is 0 Å². The molecule has 7 atom stereocenters. The van der Waals surface area contributed by atoms with Gasteiger partial charge in [0, 0.05) is 21.5 Å². The third-order valence-corrected chi connectivity index (χ3v) is 4.55. The van der Waals surface area contributed by atoms with Crippen LogP contribution in [0, 0.1) is 0 Å². The van der Waals surface area contributed by atoms with E-state index in [4.69, 9.17) is 14.0 Å². The molecule has 0 aromatic heterocycles. The minimum absolute atomic E-state index is 0.0706. The molecule has 2 saturated heterocycles. The van der Waals surface area contributed by atoms with Crippen LogP contribution in [0.25, 0.3) is 0 Å². The van der Waals surface area contributed by atoms with Crippen LogP contribution in [0.15, 0.2) is 0 Å². The van der Waals surface area contributed by atoms with E-state index in [-0.39, 0.29) is 30.4 Å². The average Bonchev–Trinajstić information content (AvgIpc) is 3.09. The van der Waals surface area contributed by atoms with E-state index in [1.165, 1.54) is 0 Å². The molecular weight excluding hydrogens is 285 g/mol. The minimum atomic E-state index is -0.244. The highest BCUT2D eigenvalue weighted by atomic mass is 31.0. The molecule has 0 bridgehead atoms. The van der Waals surface area contributed by atoms with Crippen molar-refractivity contribution in [1.82, 2.24) is 0 Å². The SMILES string of the molecule is C[B][C@H]1CC(O)[C@@H](CC)O1.C[B][C@H]1CC(OP)[C@@H](CC)O1. The lowest BCUT2D eigenvalue weighted by molar-refractivity contribution is 0.0298. The first-order valence-corrected chi connectivity index (χ1v) is 8.50. The van der Waals surface area contributed by atoms with Crippen LogP contribution in [-0.2, 0) is 14.0 Å². The number of hydrogen-bond acceptors (Lipinski definition) is 4. The normalized spacial score (nSPS) is 38.8. The molecule has 2 heterocycles. The van der Waals surface area contributed by atoms with Crippen molar-refractivity contribution in [3.63, 3.8) is 0 Å². The maximum absolute atomic E-state index is 9.35. The van der Waals surface area contributed by atoms with Gasteiger partial charge >= 0.3 is 0 Å². The molecule has 0 amide bonds. The summed E-state index contributed by atoms with van der Waals surface area (Å²) in [4.78, 5) is 0. The first kappa shape index (κ1) is 19.4. The van der Waals surface area contributed by atoms with Gasteiger partial charge in [-0.05, 0) is 25.7 Å². The fourth-order valence-corrected chi connectivity index (χ4v) is 3.10. The van der Waals surface area contributed by atoms with Crippen LogP contribution < -0.4 is 0 Å². The quantitative estimate of drug-likeness (QED) is 0.623. The van der Waals surface area contributed by atoms with E-state index in [1.807, 2.05) is 27.8 Å². The molecule has 0 saturated carbocycles. The maximum Gasteiger partial charge on any atom is 0.146 e. The molecule has 2 rings (SSSR count). The zero-order chi connectivity index (χ0) is 15.8. The Morgan fingerprint density at radius 2 is 1.57 bits per heavy atom. The third-order valence-electron chi connectivity index (χ3n) is 4.20. The van der Waals surface area contributed by atoms with Gasteiger partial charge in [0.2, 0.25) is 0 Å². The number of aliphatic hydroxyl groups is 1. The van der Waals surface area contributed by atoms with E-state index in [0.29, 0.717) is 6.00 Å². The fraction of sp³-hybridized carbons (Fsp3) is 1.00. The van der Waals surface area contributed by atoms with Crippen LogP contribution >= 0.6 is 9.47 Å². The first-order valence-electron chi connectivity index (χ1n) is 8.02. The van der Waals surface area contributed by atoms with E-state index in [2.05, 4.69) is 23.7 Å². The van der Waals surface area contributed by atoms with Gasteiger partial charge in [-0.15, -0.1) is 0 Å². The highest BCUT2D eigenvalue weighted by Gasteiger charge is 2.33. The number of ether oxygens (including phenoxy) is 2. The van der Waals surface area contributed by atoms with Crippen molar-refractivity contribution in [2.24, 2.45) is 0 Å². The van der Waals surface area contributed by atoms with Crippen LogP contribution in [0.1, 0.15) is 39.5 Å². The summed E-state index contributed by atoms with van der Waals surface area (Å²) >= 11 is 0. The topological polar surface area (TPSA) is 47.9 Å². The molecular formula is C14H29B2O4P. The van der Waals surface area contributed by atoms with Gasteiger partial charge in [-0.2, -0.15) is 0 Å². The van der Waals surface area contributed by atoms with Crippen molar-refractivity contribution in [1.29, 1.82) is 0 Å². The summed E-state index contributed by atoms with van der Waals surface area (Å²) in [7, 11) is 6.41. The summed E-state index contributed by atoms with van der Waals surface area (Å²) in [6, 6.07) is 0.477. The van der Waals surface area contributed by atoms with Crippen molar-refractivity contribution in [2.75, 3.05) is 0 Å². The van der Waals surface area contributed by atoms with Gasteiger partial charge in [0.05, 0.1) is 24.4 Å². The molecule has 120 valence electrons. The smallest absolute Gasteiger partial charge is 0.146 e. The molecule has 2 aliphatic rings. The van der Waals surface area contributed by atoms with Gasteiger partial charge in [0.15, 0.2) is 0 Å². The molecule has 21 heavy (non-hydrogen) atoms. The summed E-state index contributed by atoms with van der Waals surface area (Å²) in [5, 5.41) is 9.35. The lowest BCUT2D eigenvalue weighted by Crippen LogP contribution is -2.20. The Kier molecular flexibility index (Phi) is 9.47. The monoisotopic (exact) mass is 314 g/mol. The maximum atomic E-state index is 9.35. The van der Waals surface area contributed by atoms with Gasteiger partial charge in [-0.1, -0.05) is 27.5 Å². The summed E-state index contributed by atoms with van der Waals surface area (Å²) in [6.07, 6.45) is 4.09. The average molecular weight is 314 g/mol. The second kappa shape index (κ2) is 10.2. The summed E-state index contributed by atoms with van der Waals surface area (Å²) in [5.74, 6) is 0. The zero-order valence-electron chi connectivity index (χ0n) is 13.7. The molecule has 2 aliphatic heterocycles. The predicted molar refractivity (Wildman–Crippen MR) is 91.0 cm³/mol. The Labute approximate surface area is 133 Å². The molecule has 4 nitrogen and oxygen atoms in total. The van der Waals surface area contributed by atoms with Gasteiger partial charge in [0.25, 0.3) is 0 Å². The van der Waals surface area contributed by atoms with Crippen LogP contribution in [0.3, 0.4) is 0 Å². The Morgan fingerprint density at radius 1 is 1.05 bits per heavy atom. The first-order chi connectivity index (χ1) is 10.1. The van der Waals surface area contributed by atoms with Crippen LogP contribution in [0.2, 0.25) is 13.6 Å².